The highest BCUT2D eigenvalue weighted by Gasteiger charge is 2.45. The highest BCUT2D eigenvalue weighted by Crippen LogP contribution is 2.53. The van der Waals surface area contributed by atoms with Gasteiger partial charge >= 0.3 is 0 Å². The van der Waals surface area contributed by atoms with Crippen LogP contribution in [0.4, 0.5) is 0 Å². The predicted molar refractivity (Wildman–Crippen MR) is 127 cm³/mol. The molecule has 162 valence electrons. The lowest BCUT2D eigenvalue weighted by atomic mass is 9.68. The summed E-state index contributed by atoms with van der Waals surface area (Å²) in [4.78, 5) is 0. The number of unbranched alkanes of at least 4 members (excludes halogenated alkanes) is 2. The van der Waals surface area contributed by atoms with Crippen LogP contribution in [0.25, 0.3) is 0 Å². The largest absolute Gasteiger partial charge is 0.507 e. The average molecular weight is 415 g/mol. The summed E-state index contributed by atoms with van der Waals surface area (Å²) in [6.07, 6.45) is 10.9. The van der Waals surface area contributed by atoms with Crippen LogP contribution in [-0.2, 0) is 6.42 Å². The minimum atomic E-state index is -1.02. The zero-order valence-electron chi connectivity index (χ0n) is 19.6. The van der Waals surface area contributed by atoms with E-state index in [1.165, 1.54) is 48.9 Å². The quantitative estimate of drug-likeness (QED) is 0.267. The van der Waals surface area contributed by atoms with Crippen molar-refractivity contribution in [2.75, 3.05) is 0 Å². The van der Waals surface area contributed by atoms with Crippen molar-refractivity contribution in [1.82, 2.24) is 0 Å². The fourth-order valence-corrected chi connectivity index (χ4v) is 8.20. The number of phenolic OH excluding ortho intramolecular Hbond substituents is 1. The molecule has 0 fully saturated rings. The van der Waals surface area contributed by atoms with Gasteiger partial charge in [0.05, 0.1) is 0 Å². The molecule has 2 atom stereocenters. The van der Waals surface area contributed by atoms with Crippen LogP contribution in [0.15, 0.2) is 23.8 Å². The van der Waals surface area contributed by atoms with Crippen LogP contribution in [0, 0.1) is 5.92 Å². The number of aryl methyl sites for hydroxylation is 1. The van der Waals surface area contributed by atoms with E-state index in [9.17, 15) is 5.11 Å². The summed E-state index contributed by atoms with van der Waals surface area (Å²) in [5, 5.41) is 10.9. The van der Waals surface area contributed by atoms with E-state index in [-0.39, 0.29) is 11.5 Å². The van der Waals surface area contributed by atoms with Crippen LogP contribution in [0.3, 0.4) is 0 Å². The third kappa shape index (κ3) is 5.28. The first-order chi connectivity index (χ1) is 13.6. The Kier molecular flexibility index (Phi) is 6.87. The Labute approximate surface area is 179 Å². The summed E-state index contributed by atoms with van der Waals surface area (Å²) in [5.41, 5.74) is 3.49. The van der Waals surface area contributed by atoms with Gasteiger partial charge < -0.3 is 9.84 Å². The second-order valence-electron chi connectivity index (χ2n) is 10.9. The molecule has 3 heteroatoms. The first-order valence-corrected chi connectivity index (χ1v) is 15.3. The molecular formula is C26H42O2Si. The Morgan fingerprint density at radius 3 is 2.59 bits per heavy atom. The van der Waals surface area contributed by atoms with E-state index in [0.717, 1.165) is 30.6 Å². The lowest BCUT2D eigenvalue weighted by Crippen LogP contribution is -2.45. The monoisotopic (exact) mass is 414 g/mol. The smallest absolute Gasteiger partial charge is 0.127 e. The van der Waals surface area contributed by atoms with Gasteiger partial charge in [-0.05, 0) is 64.2 Å². The molecule has 0 unspecified atom stereocenters. The zero-order chi connectivity index (χ0) is 21.2. The van der Waals surface area contributed by atoms with E-state index < -0.39 is 8.07 Å². The number of allylic oxidation sites excluding steroid dienone is 2. The molecule has 0 aromatic heterocycles. The molecule has 1 aliphatic carbocycles. The Bertz CT molecular complexity index is 747. The van der Waals surface area contributed by atoms with Crippen molar-refractivity contribution >= 4 is 8.07 Å². The van der Waals surface area contributed by atoms with Crippen LogP contribution >= 0.6 is 0 Å². The number of benzene rings is 1. The van der Waals surface area contributed by atoms with Crippen LogP contribution in [0.1, 0.15) is 83.3 Å². The second kappa shape index (κ2) is 8.87. The van der Waals surface area contributed by atoms with Gasteiger partial charge in [0.15, 0.2) is 0 Å². The summed E-state index contributed by atoms with van der Waals surface area (Å²) in [6, 6.07) is 7.10. The van der Waals surface area contributed by atoms with Crippen molar-refractivity contribution < 1.29 is 9.84 Å². The van der Waals surface area contributed by atoms with Crippen molar-refractivity contribution in [1.29, 1.82) is 0 Å². The molecule has 2 aliphatic rings. The molecule has 1 N–H and O–H groups in total. The number of aromatic hydroxyl groups is 1. The van der Waals surface area contributed by atoms with Gasteiger partial charge in [-0.2, -0.15) is 0 Å². The van der Waals surface area contributed by atoms with Crippen LogP contribution in [0.5, 0.6) is 11.5 Å². The van der Waals surface area contributed by atoms with E-state index in [1.54, 1.807) is 0 Å². The van der Waals surface area contributed by atoms with Crippen molar-refractivity contribution in [2.24, 2.45) is 5.92 Å². The molecule has 1 aromatic carbocycles. The van der Waals surface area contributed by atoms with E-state index in [2.05, 4.69) is 52.9 Å². The summed E-state index contributed by atoms with van der Waals surface area (Å²) in [5.74, 6) is 2.06. The SMILES string of the molecule is CCCC[Si](C)(C)CCCCc1cc(O)c2c(c1)OC(C)(C)[C@@H]1CCC(C)=C[C@@H]21. The molecule has 3 rings (SSSR count). The van der Waals surface area contributed by atoms with E-state index in [0.29, 0.717) is 11.7 Å². The molecule has 1 heterocycles. The first kappa shape index (κ1) is 22.5. The number of hydrogen-bond acceptors (Lipinski definition) is 2. The van der Waals surface area contributed by atoms with Crippen molar-refractivity contribution in [2.45, 2.75) is 109 Å². The molecular weight excluding hydrogens is 372 g/mol. The molecule has 0 radical (unpaired) electrons. The molecule has 29 heavy (non-hydrogen) atoms. The van der Waals surface area contributed by atoms with E-state index >= 15 is 0 Å². The summed E-state index contributed by atoms with van der Waals surface area (Å²) < 4.78 is 6.47. The van der Waals surface area contributed by atoms with Crippen LogP contribution < -0.4 is 4.74 Å². The molecule has 0 bridgehead atoms. The minimum absolute atomic E-state index is 0.186. The minimum Gasteiger partial charge on any atom is -0.507 e. The molecule has 0 spiro atoms. The summed E-state index contributed by atoms with van der Waals surface area (Å²) in [7, 11) is -1.02. The third-order valence-electron chi connectivity index (χ3n) is 7.30. The van der Waals surface area contributed by atoms with Gasteiger partial charge in [0.25, 0.3) is 0 Å². The van der Waals surface area contributed by atoms with Crippen molar-refractivity contribution in [3.8, 4) is 11.5 Å². The maximum Gasteiger partial charge on any atom is 0.127 e. The number of fused-ring (bicyclic) bond motifs is 3. The Morgan fingerprint density at radius 1 is 1.14 bits per heavy atom. The number of ether oxygens (including phenoxy) is 1. The third-order valence-corrected chi connectivity index (χ3v) is 10.7. The van der Waals surface area contributed by atoms with Crippen molar-refractivity contribution in [3.05, 3.63) is 34.9 Å². The fraction of sp³-hybridized carbons (Fsp3) is 0.692. The lowest BCUT2D eigenvalue weighted by Gasteiger charge is -2.46. The summed E-state index contributed by atoms with van der Waals surface area (Å²) in [6.45, 7) is 14.0. The van der Waals surface area contributed by atoms with Crippen LogP contribution in [0.2, 0.25) is 25.2 Å². The van der Waals surface area contributed by atoms with Gasteiger partial charge in [0, 0.05) is 25.5 Å². The molecule has 0 saturated carbocycles. The Balaban J connectivity index is 1.70. The van der Waals surface area contributed by atoms with Crippen LogP contribution in [-0.4, -0.2) is 18.8 Å². The highest BCUT2D eigenvalue weighted by molar-refractivity contribution is 6.77. The van der Waals surface area contributed by atoms with Crippen molar-refractivity contribution in [3.63, 3.8) is 0 Å². The first-order valence-electron chi connectivity index (χ1n) is 11.8. The lowest BCUT2D eigenvalue weighted by molar-refractivity contribution is 0.0107. The van der Waals surface area contributed by atoms with Gasteiger partial charge in [-0.15, -0.1) is 0 Å². The van der Waals surface area contributed by atoms with Gasteiger partial charge in [-0.25, -0.2) is 0 Å². The Hall–Kier alpha value is -1.22. The maximum absolute atomic E-state index is 10.9. The molecule has 1 aromatic rings. The summed E-state index contributed by atoms with van der Waals surface area (Å²) >= 11 is 0. The highest BCUT2D eigenvalue weighted by atomic mass is 28.3. The number of phenols is 1. The fourth-order valence-electron chi connectivity index (χ4n) is 5.44. The van der Waals surface area contributed by atoms with E-state index in [1.807, 2.05) is 6.07 Å². The molecule has 0 amide bonds. The number of hydrogen-bond donors (Lipinski definition) is 1. The van der Waals surface area contributed by atoms with Gasteiger partial charge in [0.2, 0.25) is 0 Å². The predicted octanol–water partition coefficient (Wildman–Crippen LogP) is 7.83. The maximum atomic E-state index is 10.9. The van der Waals surface area contributed by atoms with Gasteiger partial charge in [0.1, 0.15) is 17.1 Å². The Morgan fingerprint density at radius 2 is 1.86 bits per heavy atom. The van der Waals surface area contributed by atoms with E-state index in [4.69, 9.17) is 4.74 Å². The van der Waals surface area contributed by atoms with Gasteiger partial charge in [-0.3, -0.25) is 0 Å². The zero-order valence-corrected chi connectivity index (χ0v) is 20.6. The second-order valence-corrected chi connectivity index (χ2v) is 16.2. The molecule has 1 aliphatic heterocycles. The average Bonchev–Trinajstić information content (AvgIpc) is 2.62. The molecule has 2 nitrogen and oxygen atoms in total. The molecule has 0 saturated heterocycles. The number of rotatable bonds is 8. The standard InChI is InChI=1S/C26H42O2Si/c1-7-8-14-29(5,6)15-10-9-11-20-17-23(27)25-21-16-19(2)12-13-22(21)26(3,4)28-24(25)18-20/h16-18,21-22,27H,7-15H2,1-6H3/t21-,22-/m1/s1. The topological polar surface area (TPSA) is 29.5 Å². The van der Waals surface area contributed by atoms with Gasteiger partial charge in [-0.1, -0.05) is 63.0 Å². The normalized spacial score (nSPS) is 23.0.